The van der Waals surface area contributed by atoms with Crippen LogP contribution in [0.1, 0.15) is 22.3 Å². The Balaban J connectivity index is 1.92. The zero-order valence-corrected chi connectivity index (χ0v) is 16.9. The summed E-state index contributed by atoms with van der Waals surface area (Å²) in [5.41, 5.74) is 4.11. The first-order chi connectivity index (χ1) is 13.5. The third-order valence-electron chi connectivity index (χ3n) is 4.62. The molecule has 3 nitrogen and oxygen atoms in total. The van der Waals surface area contributed by atoms with E-state index in [1.807, 2.05) is 79.7 Å². The Bertz CT molecular complexity index is 1010. The summed E-state index contributed by atoms with van der Waals surface area (Å²) in [4.78, 5) is 0.317. The zero-order chi connectivity index (χ0) is 20.0. The van der Waals surface area contributed by atoms with Crippen LogP contribution in [-0.4, -0.2) is 12.7 Å². The number of hydrogen-bond acceptors (Lipinski definition) is 2. The summed E-state index contributed by atoms with van der Waals surface area (Å²) in [5, 5.41) is 0. The Hall–Kier alpha value is -2.69. The highest BCUT2D eigenvalue weighted by Gasteiger charge is 2.24. The standard InChI is InChI=1S/C24H25NO2S/c1-3-7-21-12-14-23(15-13-21)19-25(18-22-8-5-4-6-9-22)28(26,27)24-16-10-20(2)11-17-24/h3-6,8-17H,1,7,18-19H2,2H3. The third kappa shape index (κ3) is 4.97. The smallest absolute Gasteiger partial charge is 0.207 e. The summed E-state index contributed by atoms with van der Waals surface area (Å²) in [7, 11) is -3.62. The Labute approximate surface area is 168 Å². The number of benzene rings is 3. The molecular weight excluding hydrogens is 366 g/mol. The third-order valence-corrected chi connectivity index (χ3v) is 6.43. The van der Waals surface area contributed by atoms with E-state index in [-0.39, 0.29) is 0 Å². The minimum absolute atomic E-state index is 0.317. The Morgan fingerprint density at radius 1 is 0.786 bits per heavy atom. The van der Waals surface area contributed by atoms with Crippen molar-refractivity contribution in [3.8, 4) is 0 Å². The van der Waals surface area contributed by atoms with Crippen molar-refractivity contribution in [1.29, 1.82) is 0 Å². The molecule has 0 N–H and O–H groups in total. The van der Waals surface area contributed by atoms with Gasteiger partial charge in [-0.1, -0.05) is 78.4 Å². The SMILES string of the molecule is C=CCc1ccc(CN(Cc2ccccc2)S(=O)(=O)c2ccc(C)cc2)cc1. The Morgan fingerprint density at radius 3 is 1.89 bits per heavy atom. The molecule has 0 saturated heterocycles. The molecule has 0 fully saturated rings. The van der Waals surface area contributed by atoms with Crippen molar-refractivity contribution in [2.75, 3.05) is 0 Å². The van der Waals surface area contributed by atoms with Crippen LogP contribution in [0.15, 0.2) is 96.4 Å². The zero-order valence-electron chi connectivity index (χ0n) is 16.1. The number of hydrogen-bond donors (Lipinski definition) is 0. The molecule has 3 aromatic carbocycles. The largest absolute Gasteiger partial charge is 0.243 e. The normalized spacial score (nSPS) is 11.5. The molecule has 0 heterocycles. The predicted molar refractivity (Wildman–Crippen MR) is 114 cm³/mol. The predicted octanol–water partition coefficient (Wildman–Crippen LogP) is 5.11. The first-order valence-corrected chi connectivity index (χ1v) is 10.7. The van der Waals surface area contributed by atoms with Gasteiger partial charge in [0.05, 0.1) is 4.90 Å². The van der Waals surface area contributed by atoms with E-state index in [1.165, 1.54) is 4.31 Å². The molecule has 3 aromatic rings. The fourth-order valence-electron chi connectivity index (χ4n) is 3.02. The Morgan fingerprint density at radius 2 is 1.32 bits per heavy atom. The fraction of sp³-hybridized carbons (Fsp3) is 0.167. The maximum Gasteiger partial charge on any atom is 0.243 e. The van der Waals surface area contributed by atoms with Crippen LogP contribution in [0.3, 0.4) is 0 Å². The van der Waals surface area contributed by atoms with Gasteiger partial charge >= 0.3 is 0 Å². The van der Waals surface area contributed by atoms with E-state index in [1.54, 1.807) is 12.1 Å². The molecule has 0 bridgehead atoms. The summed E-state index contributed by atoms with van der Waals surface area (Å²) in [5.74, 6) is 0. The molecule has 0 unspecified atom stereocenters. The quantitative estimate of drug-likeness (QED) is 0.500. The van der Waals surface area contributed by atoms with Gasteiger partial charge in [0.25, 0.3) is 0 Å². The summed E-state index contributed by atoms with van der Waals surface area (Å²) in [6.07, 6.45) is 2.66. The van der Waals surface area contributed by atoms with Gasteiger partial charge < -0.3 is 0 Å². The van der Waals surface area contributed by atoms with E-state index in [0.29, 0.717) is 18.0 Å². The maximum absolute atomic E-state index is 13.3. The topological polar surface area (TPSA) is 37.4 Å². The summed E-state index contributed by atoms with van der Waals surface area (Å²) in [6.45, 7) is 6.35. The van der Waals surface area contributed by atoms with E-state index in [9.17, 15) is 8.42 Å². The lowest BCUT2D eigenvalue weighted by molar-refractivity contribution is 0.401. The summed E-state index contributed by atoms with van der Waals surface area (Å²) < 4.78 is 28.2. The number of rotatable bonds is 8. The monoisotopic (exact) mass is 391 g/mol. The molecule has 0 saturated carbocycles. The van der Waals surface area contributed by atoms with Gasteiger partial charge in [0, 0.05) is 13.1 Å². The molecular formula is C24H25NO2S. The van der Waals surface area contributed by atoms with Crippen LogP contribution in [0, 0.1) is 6.92 Å². The van der Waals surface area contributed by atoms with Gasteiger partial charge in [0.2, 0.25) is 10.0 Å². The molecule has 0 atom stereocenters. The maximum atomic E-state index is 13.3. The lowest BCUT2D eigenvalue weighted by atomic mass is 10.1. The second kappa shape index (κ2) is 9.00. The van der Waals surface area contributed by atoms with E-state index in [0.717, 1.165) is 28.7 Å². The molecule has 0 aliphatic carbocycles. The van der Waals surface area contributed by atoms with Crippen molar-refractivity contribution in [1.82, 2.24) is 4.31 Å². The van der Waals surface area contributed by atoms with Gasteiger partial charge in [-0.25, -0.2) is 8.42 Å². The molecule has 4 heteroatoms. The van der Waals surface area contributed by atoms with Crippen molar-refractivity contribution < 1.29 is 8.42 Å². The second-order valence-corrected chi connectivity index (χ2v) is 8.82. The first kappa shape index (κ1) is 20.1. The molecule has 0 amide bonds. The first-order valence-electron chi connectivity index (χ1n) is 9.28. The van der Waals surface area contributed by atoms with E-state index < -0.39 is 10.0 Å². The lowest BCUT2D eigenvalue weighted by Crippen LogP contribution is -2.30. The number of sulfonamides is 1. The van der Waals surface area contributed by atoms with Gasteiger partial charge in [0.1, 0.15) is 0 Å². The van der Waals surface area contributed by atoms with Crippen molar-refractivity contribution in [2.45, 2.75) is 31.3 Å². The van der Waals surface area contributed by atoms with Gasteiger partial charge in [-0.15, -0.1) is 6.58 Å². The molecule has 0 radical (unpaired) electrons. The molecule has 0 spiro atoms. The minimum Gasteiger partial charge on any atom is -0.207 e. The van der Waals surface area contributed by atoms with Crippen LogP contribution in [0.25, 0.3) is 0 Å². The Kier molecular flexibility index (Phi) is 6.45. The number of aryl methyl sites for hydroxylation is 1. The fourth-order valence-corrected chi connectivity index (χ4v) is 4.44. The second-order valence-electron chi connectivity index (χ2n) is 6.88. The summed E-state index contributed by atoms with van der Waals surface area (Å²) in [6, 6.07) is 24.7. The van der Waals surface area contributed by atoms with E-state index in [2.05, 4.69) is 6.58 Å². The van der Waals surface area contributed by atoms with Crippen molar-refractivity contribution in [3.05, 3.63) is 114 Å². The van der Waals surface area contributed by atoms with E-state index >= 15 is 0 Å². The summed E-state index contributed by atoms with van der Waals surface area (Å²) >= 11 is 0. The van der Waals surface area contributed by atoms with Crippen LogP contribution >= 0.6 is 0 Å². The molecule has 28 heavy (non-hydrogen) atoms. The highest BCUT2D eigenvalue weighted by molar-refractivity contribution is 7.89. The minimum atomic E-state index is -3.62. The molecule has 144 valence electrons. The lowest BCUT2D eigenvalue weighted by Gasteiger charge is -2.23. The molecule has 0 aliphatic heterocycles. The van der Waals surface area contributed by atoms with Gasteiger partial charge in [-0.3, -0.25) is 0 Å². The molecule has 0 aliphatic rings. The average molecular weight is 392 g/mol. The highest BCUT2D eigenvalue weighted by atomic mass is 32.2. The van der Waals surface area contributed by atoms with Crippen LogP contribution in [0.4, 0.5) is 0 Å². The number of nitrogens with zero attached hydrogens (tertiary/aromatic N) is 1. The van der Waals surface area contributed by atoms with Crippen LogP contribution < -0.4 is 0 Å². The number of allylic oxidation sites excluding steroid dienone is 1. The van der Waals surface area contributed by atoms with Crippen LogP contribution in [-0.2, 0) is 29.5 Å². The highest BCUT2D eigenvalue weighted by Crippen LogP contribution is 2.22. The molecule has 3 rings (SSSR count). The van der Waals surface area contributed by atoms with Gasteiger partial charge in [0.15, 0.2) is 0 Å². The van der Waals surface area contributed by atoms with Gasteiger partial charge in [-0.05, 0) is 42.2 Å². The molecule has 0 aromatic heterocycles. The van der Waals surface area contributed by atoms with Crippen molar-refractivity contribution >= 4 is 10.0 Å². The van der Waals surface area contributed by atoms with E-state index in [4.69, 9.17) is 0 Å². The van der Waals surface area contributed by atoms with Gasteiger partial charge in [-0.2, -0.15) is 4.31 Å². The van der Waals surface area contributed by atoms with Crippen molar-refractivity contribution in [3.63, 3.8) is 0 Å². The average Bonchev–Trinajstić information content (AvgIpc) is 2.70. The van der Waals surface area contributed by atoms with Crippen LogP contribution in [0.2, 0.25) is 0 Å². The van der Waals surface area contributed by atoms with Crippen molar-refractivity contribution in [2.24, 2.45) is 0 Å². The van der Waals surface area contributed by atoms with Crippen LogP contribution in [0.5, 0.6) is 0 Å².